The van der Waals surface area contributed by atoms with Crippen molar-refractivity contribution in [1.29, 1.82) is 0 Å². The average Bonchev–Trinajstić information content (AvgIpc) is 2.60. The minimum Gasteiger partial charge on any atom is -0.491 e. The van der Waals surface area contributed by atoms with E-state index < -0.39 is 17.8 Å². The van der Waals surface area contributed by atoms with E-state index in [9.17, 15) is 23.1 Å². The van der Waals surface area contributed by atoms with Crippen molar-refractivity contribution in [2.75, 3.05) is 13.2 Å². The van der Waals surface area contributed by atoms with Crippen molar-refractivity contribution >= 4 is 5.78 Å². The molecular formula is C19H21F3NO3+. The monoisotopic (exact) mass is 368 g/mol. The number of nitrogens with two attached hydrogens (primary N) is 1. The minimum absolute atomic E-state index is 0.0282. The van der Waals surface area contributed by atoms with Crippen LogP contribution in [0.1, 0.15) is 28.4 Å². The third-order valence-corrected chi connectivity index (χ3v) is 3.76. The zero-order valence-electron chi connectivity index (χ0n) is 14.3. The van der Waals surface area contributed by atoms with E-state index in [0.29, 0.717) is 23.4 Å². The molecule has 0 radical (unpaired) electrons. The predicted octanol–water partition coefficient (Wildman–Crippen LogP) is 2.41. The fourth-order valence-electron chi connectivity index (χ4n) is 2.38. The molecule has 0 bridgehead atoms. The molecule has 0 saturated carbocycles. The van der Waals surface area contributed by atoms with Crippen LogP contribution in [0.25, 0.3) is 0 Å². The smallest absolute Gasteiger partial charge is 0.416 e. The molecule has 0 saturated heterocycles. The van der Waals surface area contributed by atoms with Gasteiger partial charge >= 0.3 is 6.18 Å². The van der Waals surface area contributed by atoms with Gasteiger partial charge in [-0.25, -0.2) is 0 Å². The Morgan fingerprint density at radius 2 is 1.92 bits per heavy atom. The summed E-state index contributed by atoms with van der Waals surface area (Å²) in [6.07, 6.45) is -5.15. The number of halogens is 3. The number of ether oxygens (including phenoxy) is 1. The van der Waals surface area contributed by atoms with Crippen molar-refractivity contribution in [1.82, 2.24) is 0 Å². The third-order valence-electron chi connectivity index (χ3n) is 3.76. The molecule has 0 aliphatic rings. The van der Waals surface area contributed by atoms with Crippen LogP contribution in [-0.2, 0) is 12.7 Å². The van der Waals surface area contributed by atoms with Gasteiger partial charge in [-0.2, -0.15) is 13.2 Å². The van der Waals surface area contributed by atoms with Crippen LogP contribution in [0.3, 0.4) is 0 Å². The Bertz CT molecular complexity index is 747. The van der Waals surface area contributed by atoms with Crippen molar-refractivity contribution in [2.24, 2.45) is 0 Å². The number of aliphatic hydroxyl groups is 1. The maximum Gasteiger partial charge on any atom is 0.416 e. The first kappa shape index (κ1) is 19.9. The van der Waals surface area contributed by atoms with Crippen molar-refractivity contribution in [2.45, 2.75) is 25.7 Å². The van der Waals surface area contributed by atoms with Gasteiger partial charge in [-0.1, -0.05) is 24.3 Å². The van der Waals surface area contributed by atoms with Gasteiger partial charge in [0.1, 0.15) is 31.5 Å². The number of hydrogen-bond acceptors (Lipinski definition) is 3. The van der Waals surface area contributed by atoms with Crippen LogP contribution < -0.4 is 10.1 Å². The lowest BCUT2D eigenvalue weighted by Crippen LogP contribution is -2.85. The molecule has 0 amide bonds. The normalized spacial score (nSPS) is 12.7. The summed E-state index contributed by atoms with van der Waals surface area (Å²) in [6.45, 7) is 2.08. The van der Waals surface area contributed by atoms with Crippen LogP contribution in [-0.4, -0.2) is 30.1 Å². The number of carbonyl (C=O) groups excluding carboxylic acids is 1. The molecule has 4 nitrogen and oxygen atoms in total. The van der Waals surface area contributed by atoms with E-state index in [4.69, 9.17) is 4.74 Å². The second-order valence-electron chi connectivity index (χ2n) is 5.98. The van der Waals surface area contributed by atoms with Crippen LogP contribution in [0.2, 0.25) is 0 Å². The highest BCUT2D eigenvalue weighted by atomic mass is 19.4. The average molecular weight is 368 g/mol. The maximum absolute atomic E-state index is 12.7. The van der Waals surface area contributed by atoms with E-state index >= 15 is 0 Å². The number of hydrogen-bond donors (Lipinski definition) is 2. The molecule has 0 spiro atoms. The van der Waals surface area contributed by atoms with Gasteiger partial charge in [-0.15, -0.1) is 0 Å². The Labute approximate surface area is 149 Å². The van der Waals surface area contributed by atoms with E-state index in [1.54, 1.807) is 35.6 Å². The zero-order valence-corrected chi connectivity index (χ0v) is 14.3. The molecule has 0 aliphatic carbocycles. The quantitative estimate of drug-likeness (QED) is 0.704. The Morgan fingerprint density at radius 3 is 2.62 bits per heavy atom. The van der Waals surface area contributed by atoms with Crippen LogP contribution in [0.15, 0.2) is 48.5 Å². The molecule has 3 N–H and O–H groups in total. The number of aliphatic hydroxyl groups excluding tert-OH is 1. The van der Waals surface area contributed by atoms with Gasteiger partial charge < -0.3 is 15.2 Å². The summed E-state index contributed by atoms with van der Waals surface area (Å²) >= 11 is 0. The minimum atomic E-state index is -4.36. The van der Waals surface area contributed by atoms with Gasteiger partial charge in [-0.3, -0.25) is 4.79 Å². The van der Waals surface area contributed by atoms with Crippen LogP contribution in [0.4, 0.5) is 13.2 Å². The van der Waals surface area contributed by atoms with Crippen molar-refractivity contribution < 1.29 is 33.1 Å². The van der Waals surface area contributed by atoms with Crippen LogP contribution in [0.5, 0.6) is 5.75 Å². The summed E-state index contributed by atoms with van der Waals surface area (Å²) < 4.78 is 43.5. The number of alkyl halides is 3. The summed E-state index contributed by atoms with van der Waals surface area (Å²) in [6, 6.07) is 11.8. The molecule has 7 heteroatoms. The Hall–Kier alpha value is -2.38. The molecule has 0 aliphatic heterocycles. The molecule has 0 fully saturated rings. The Balaban J connectivity index is 1.78. The van der Waals surface area contributed by atoms with E-state index in [1.807, 2.05) is 0 Å². The Morgan fingerprint density at radius 1 is 1.19 bits per heavy atom. The molecule has 2 rings (SSSR count). The standard InChI is InChI=1S/C19H20F3NO3/c1-13(24)15-5-3-7-18(9-15)26-12-17(25)11-23-10-14-4-2-6-16(8-14)19(20,21)22/h2-9,17,23,25H,10-12H2,1H3/p+1/t17-/m0/s1. The second-order valence-corrected chi connectivity index (χ2v) is 5.98. The molecule has 1 atom stereocenters. The van der Waals surface area contributed by atoms with E-state index in [1.165, 1.54) is 13.0 Å². The van der Waals surface area contributed by atoms with E-state index in [0.717, 1.165) is 12.1 Å². The lowest BCUT2D eigenvalue weighted by atomic mass is 10.1. The number of carbonyl (C=O) groups is 1. The largest absolute Gasteiger partial charge is 0.491 e. The molecule has 2 aromatic carbocycles. The lowest BCUT2D eigenvalue weighted by molar-refractivity contribution is -0.676. The molecule has 0 unspecified atom stereocenters. The molecular weight excluding hydrogens is 347 g/mol. The van der Waals surface area contributed by atoms with Gasteiger partial charge in [0, 0.05) is 11.1 Å². The number of quaternary nitrogens is 1. The van der Waals surface area contributed by atoms with E-state index in [2.05, 4.69) is 0 Å². The van der Waals surface area contributed by atoms with Gasteiger partial charge in [0.05, 0.1) is 5.56 Å². The fourth-order valence-corrected chi connectivity index (χ4v) is 2.38. The SMILES string of the molecule is CC(=O)c1cccc(OC[C@@H](O)C[NH2+]Cc2cccc(C(F)(F)F)c2)c1. The molecule has 140 valence electrons. The summed E-state index contributed by atoms with van der Waals surface area (Å²) in [5, 5.41) is 11.7. The van der Waals surface area contributed by atoms with Crippen molar-refractivity contribution in [3.05, 3.63) is 65.2 Å². The Kier molecular flexibility index (Phi) is 6.76. The van der Waals surface area contributed by atoms with E-state index in [-0.39, 0.29) is 18.9 Å². The summed E-state index contributed by atoms with van der Waals surface area (Å²) in [5.74, 6) is 0.403. The molecule has 26 heavy (non-hydrogen) atoms. The topological polar surface area (TPSA) is 63.1 Å². The molecule has 0 aromatic heterocycles. The highest BCUT2D eigenvalue weighted by Gasteiger charge is 2.30. The van der Waals surface area contributed by atoms with Gasteiger partial charge in [0.2, 0.25) is 0 Å². The zero-order chi connectivity index (χ0) is 19.2. The summed E-state index contributed by atoms with van der Waals surface area (Å²) in [4.78, 5) is 11.3. The number of benzene rings is 2. The third kappa shape index (κ3) is 6.16. The van der Waals surface area contributed by atoms with Gasteiger partial charge in [0.25, 0.3) is 0 Å². The number of Topliss-reactive ketones (excluding diaryl/α,β-unsaturated/α-hetero) is 1. The van der Waals surface area contributed by atoms with Gasteiger partial charge in [0.15, 0.2) is 5.78 Å². The number of rotatable bonds is 8. The number of ketones is 1. The van der Waals surface area contributed by atoms with Gasteiger partial charge in [-0.05, 0) is 31.2 Å². The van der Waals surface area contributed by atoms with Crippen LogP contribution in [0, 0.1) is 0 Å². The predicted molar refractivity (Wildman–Crippen MR) is 89.9 cm³/mol. The lowest BCUT2D eigenvalue weighted by Gasteiger charge is -2.12. The fraction of sp³-hybridized carbons (Fsp3) is 0.316. The second kappa shape index (κ2) is 8.82. The van der Waals surface area contributed by atoms with Crippen molar-refractivity contribution in [3.8, 4) is 5.75 Å². The first-order chi connectivity index (χ1) is 12.3. The van der Waals surface area contributed by atoms with Crippen LogP contribution >= 0.6 is 0 Å². The molecule has 0 heterocycles. The molecule has 2 aromatic rings. The first-order valence-electron chi connectivity index (χ1n) is 8.15. The summed E-state index contributed by atoms with van der Waals surface area (Å²) in [7, 11) is 0. The van der Waals surface area contributed by atoms with Crippen molar-refractivity contribution in [3.63, 3.8) is 0 Å². The highest BCUT2D eigenvalue weighted by molar-refractivity contribution is 5.94. The summed E-state index contributed by atoms with van der Waals surface area (Å²) in [5.41, 5.74) is 0.368. The highest BCUT2D eigenvalue weighted by Crippen LogP contribution is 2.29. The first-order valence-corrected chi connectivity index (χ1v) is 8.15. The maximum atomic E-state index is 12.7.